The number of β-lactam (4-membered cyclic amide) rings is 1. The summed E-state index contributed by atoms with van der Waals surface area (Å²) in [5.74, 6) is -0.891. The number of amides is 3. The van der Waals surface area contributed by atoms with E-state index in [-0.39, 0.29) is 31.0 Å². The summed E-state index contributed by atoms with van der Waals surface area (Å²) in [5, 5.41) is 3.14. The molecule has 4 atom stereocenters. The van der Waals surface area contributed by atoms with E-state index in [2.05, 4.69) is 5.32 Å². The second-order valence-corrected chi connectivity index (χ2v) is 10.6. The van der Waals surface area contributed by atoms with Crippen LogP contribution in [0, 0.1) is 0 Å². The molecule has 2 aliphatic rings. The minimum Gasteiger partial charge on any atom is -0.447 e. The fraction of sp³-hybridized carbons (Fsp3) is 0.250. The first kappa shape index (κ1) is 28.9. The number of cyclic esters (lactones) is 1. The van der Waals surface area contributed by atoms with Crippen molar-refractivity contribution in [3.05, 3.63) is 107 Å². The number of aldehydes is 1. The monoisotopic (exact) mass is 586 g/mol. The Morgan fingerprint density at radius 2 is 1.76 bits per heavy atom. The van der Waals surface area contributed by atoms with Crippen molar-refractivity contribution >= 4 is 47.6 Å². The minimum absolute atomic E-state index is 0.0515. The van der Waals surface area contributed by atoms with E-state index in [4.69, 9.17) is 22.1 Å². The number of hydrogen-bond acceptors (Lipinski definition) is 6. The number of halogens is 1. The summed E-state index contributed by atoms with van der Waals surface area (Å²) in [6.45, 7) is 0.258. The van der Waals surface area contributed by atoms with E-state index in [1.807, 2.05) is 66.7 Å². The Hall–Kier alpha value is -4.63. The van der Waals surface area contributed by atoms with Gasteiger partial charge in [0, 0.05) is 23.7 Å². The Morgan fingerprint density at radius 3 is 2.45 bits per heavy atom. The molecule has 2 saturated heterocycles. The smallest absolute Gasteiger partial charge is 0.411 e. The Bertz CT molecular complexity index is 1480. The number of anilines is 1. The Kier molecular flexibility index (Phi) is 8.88. The molecule has 2 heterocycles. The number of hydrogen-bond donors (Lipinski definition) is 2. The van der Waals surface area contributed by atoms with E-state index in [1.165, 1.54) is 9.80 Å². The fourth-order valence-corrected chi connectivity index (χ4v) is 5.85. The predicted octanol–water partition coefficient (Wildman–Crippen LogP) is 4.29. The summed E-state index contributed by atoms with van der Waals surface area (Å²) in [6, 6.07) is 22.4. The molecule has 0 aromatic heterocycles. The van der Waals surface area contributed by atoms with Crippen LogP contribution in [0.2, 0.25) is 0 Å². The number of rotatable bonds is 11. The third-order valence-electron chi connectivity index (χ3n) is 7.50. The van der Waals surface area contributed by atoms with Crippen LogP contribution < -0.4 is 11.1 Å². The van der Waals surface area contributed by atoms with Gasteiger partial charge in [-0.3, -0.25) is 14.5 Å². The lowest BCUT2D eigenvalue weighted by atomic mass is 9.87. The van der Waals surface area contributed by atoms with Gasteiger partial charge in [-0.25, -0.2) is 4.79 Å². The largest absolute Gasteiger partial charge is 0.447 e. The maximum Gasteiger partial charge on any atom is 0.411 e. The molecule has 9 nitrogen and oxygen atoms in total. The number of carbonyl (C=O) groups excluding carboxylic acids is 4. The Morgan fingerprint density at radius 1 is 1.05 bits per heavy atom. The molecule has 3 amide bonds. The van der Waals surface area contributed by atoms with E-state index in [0.717, 1.165) is 16.7 Å². The van der Waals surface area contributed by atoms with Gasteiger partial charge in [-0.15, -0.1) is 0 Å². The lowest BCUT2D eigenvalue weighted by Gasteiger charge is -2.53. The lowest BCUT2D eigenvalue weighted by molar-refractivity contribution is -0.163. The van der Waals surface area contributed by atoms with Crippen LogP contribution in [0.5, 0.6) is 0 Å². The summed E-state index contributed by atoms with van der Waals surface area (Å²) in [6.07, 6.45) is 1.93. The standard InChI is InChI=1S/C32H31ClN4O5/c33-25(18-21-9-3-1-4-10-21)28-29(37-27(20-42-32(37)41)23-12-5-2-6-13-23)31(40)36(28)26(15-8-16-38)30(39)35-19-22-11-7-14-24(34)17-22/h1-7,9-14,16-18,26-29H,8,15,19-20,34H2,(H,35,39)/b25-18-/t26-,27?,28?,29-/m0/s1. The molecular weight excluding hydrogens is 556 g/mol. The SMILES string of the molecule is Nc1cccc(CNC(=O)[C@H](CCC=O)N2C(=O)[C@@H](N3C(=O)OCC3c3ccccc3)C2/C(Cl)=C/c2ccccc2)c1. The van der Waals surface area contributed by atoms with Crippen molar-refractivity contribution < 1.29 is 23.9 Å². The van der Waals surface area contributed by atoms with Gasteiger partial charge in [0.25, 0.3) is 0 Å². The molecule has 0 saturated carbocycles. The first-order chi connectivity index (χ1) is 20.4. The van der Waals surface area contributed by atoms with Crippen molar-refractivity contribution in [2.24, 2.45) is 0 Å². The highest BCUT2D eigenvalue weighted by atomic mass is 35.5. The van der Waals surface area contributed by atoms with Crippen molar-refractivity contribution in [1.29, 1.82) is 0 Å². The van der Waals surface area contributed by atoms with E-state index < -0.39 is 42.1 Å². The molecule has 2 aliphatic heterocycles. The summed E-state index contributed by atoms with van der Waals surface area (Å²) >= 11 is 6.94. The Balaban J connectivity index is 1.48. The molecule has 0 aliphatic carbocycles. The van der Waals surface area contributed by atoms with Crippen LogP contribution in [0.1, 0.15) is 35.6 Å². The molecule has 216 valence electrons. The zero-order valence-corrected chi connectivity index (χ0v) is 23.5. The second-order valence-electron chi connectivity index (χ2n) is 10.2. The first-order valence-electron chi connectivity index (χ1n) is 13.7. The number of benzene rings is 3. The number of nitrogens with two attached hydrogens (primary N) is 1. The zero-order chi connectivity index (χ0) is 29.6. The molecule has 10 heteroatoms. The highest BCUT2D eigenvalue weighted by Gasteiger charge is 2.59. The number of nitrogens with zero attached hydrogens (tertiary/aromatic N) is 2. The highest BCUT2D eigenvalue weighted by Crippen LogP contribution is 2.42. The summed E-state index contributed by atoms with van der Waals surface area (Å²) in [4.78, 5) is 54.8. The fourth-order valence-electron chi connectivity index (χ4n) is 5.50. The lowest BCUT2D eigenvalue weighted by Crippen LogP contribution is -2.75. The minimum atomic E-state index is -1.00. The number of carbonyl (C=O) groups is 4. The van der Waals surface area contributed by atoms with Crippen LogP contribution in [0.3, 0.4) is 0 Å². The average Bonchev–Trinajstić information content (AvgIpc) is 3.37. The molecule has 0 radical (unpaired) electrons. The van der Waals surface area contributed by atoms with Crippen LogP contribution in [0.4, 0.5) is 10.5 Å². The van der Waals surface area contributed by atoms with Crippen molar-refractivity contribution in [2.45, 2.75) is 43.6 Å². The van der Waals surface area contributed by atoms with Gasteiger partial charge in [0.1, 0.15) is 25.0 Å². The molecular formula is C32H31ClN4O5. The van der Waals surface area contributed by atoms with Gasteiger partial charge in [0.2, 0.25) is 11.8 Å². The molecule has 42 heavy (non-hydrogen) atoms. The third kappa shape index (κ3) is 6.01. The van der Waals surface area contributed by atoms with Gasteiger partial charge < -0.3 is 25.5 Å². The Labute approximate surface area is 248 Å². The molecule has 3 aromatic carbocycles. The van der Waals surface area contributed by atoms with Crippen molar-refractivity contribution in [3.63, 3.8) is 0 Å². The molecule has 2 unspecified atom stereocenters. The van der Waals surface area contributed by atoms with Crippen LogP contribution in [-0.4, -0.2) is 58.7 Å². The number of likely N-dealkylation sites (tertiary alicyclic amines) is 1. The van der Waals surface area contributed by atoms with Gasteiger partial charge in [0.05, 0.1) is 12.1 Å². The molecule has 0 bridgehead atoms. The second kappa shape index (κ2) is 12.9. The zero-order valence-electron chi connectivity index (χ0n) is 22.8. The van der Waals surface area contributed by atoms with E-state index in [1.54, 1.807) is 24.3 Å². The number of nitrogens with one attached hydrogen (secondary N) is 1. The molecule has 2 fully saturated rings. The van der Waals surface area contributed by atoms with E-state index in [9.17, 15) is 19.2 Å². The summed E-state index contributed by atoms with van der Waals surface area (Å²) in [5.41, 5.74) is 8.82. The number of nitrogen functional groups attached to an aromatic ring is 1. The molecule has 5 rings (SSSR count). The van der Waals surface area contributed by atoms with Crippen LogP contribution in [0.15, 0.2) is 90.0 Å². The molecule has 3 N–H and O–H groups in total. The number of ether oxygens (including phenoxy) is 1. The maximum atomic E-state index is 14.0. The van der Waals surface area contributed by atoms with Crippen LogP contribution >= 0.6 is 11.6 Å². The van der Waals surface area contributed by atoms with Gasteiger partial charge in [0.15, 0.2) is 0 Å². The van der Waals surface area contributed by atoms with Crippen molar-refractivity contribution in [2.75, 3.05) is 12.3 Å². The summed E-state index contributed by atoms with van der Waals surface area (Å²) in [7, 11) is 0. The highest BCUT2D eigenvalue weighted by molar-refractivity contribution is 6.33. The van der Waals surface area contributed by atoms with Gasteiger partial charge in [-0.2, -0.15) is 0 Å². The topological polar surface area (TPSA) is 122 Å². The summed E-state index contributed by atoms with van der Waals surface area (Å²) < 4.78 is 5.41. The van der Waals surface area contributed by atoms with Crippen LogP contribution in [0.25, 0.3) is 6.08 Å². The third-order valence-corrected chi connectivity index (χ3v) is 7.84. The quantitative estimate of drug-likeness (QED) is 0.196. The van der Waals surface area contributed by atoms with Gasteiger partial charge in [-0.05, 0) is 41.3 Å². The van der Waals surface area contributed by atoms with Gasteiger partial charge in [-0.1, -0.05) is 84.4 Å². The normalized spacial score (nSPS) is 21.0. The van der Waals surface area contributed by atoms with E-state index >= 15 is 0 Å². The van der Waals surface area contributed by atoms with E-state index in [0.29, 0.717) is 12.0 Å². The van der Waals surface area contributed by atoms with Crippen molar-refractivity contribution in [1.82, 2.24) is 15.1 Å². The average molecular weight is 587 g/mol. The molecule has 3 aromatic rings. The predicted molar refractivity (Wildman–Crippen MR) is 159 cm³/mol. The first-order valence-corrected chi connectivity index (χ1v) is 14.1. The maximum absolute atomic E-state index is 14.0. The molecule has 0 spiro atoms. The van der Waals surface area contributed by atoms with Crippen LogP contribution in [-0.2, 0) is 25.7 Å². The van der Waals surface area contributed by atoms with Gasteiger partial charge >= 0.3 is 6.09 Å². The van der Waals surface area contributed by atoms with Crippen molar-refractivity contribution in [3.8, 4) is 0 Å².